The third-order valence-corrected chi connectivity index (χ3v) is 5.18. The molecule has 0 radical (unpaired) electrons. The van der Waals surface area contributed by atoms with Crippen molar-refractivity contribution in [1.82, 2.24) is 39.2 Å². The predicted octanol–water partition coefficient (Wildman–Crippen LogP) is 1.12. The lowest BCUT2D eigenvalue weighted by Gasteiger charge is -2.32. The lowest BCUT2D eigenvalue weighted by atomic mass is 9.96. The van der Waals surface area contributed by atoms with Gasteiger partial charge in [0.2, 0.25) is 0 Å². The number of hydrogen-bond acceptors (Lipinski definition) is 5. The highest BCUT2D eigenvalue weighted by atomic mass is 16.2. The highest BCUT2D eigenvalue weighted by molar-refractivity contribution is 5.95. The van der Waals surface area contributed by atoms with Gasteiger partial charge in [-0.3, -0.25) is 14.2 Å². The first-order chi connectivity index (χ1) is 13.0. The van der Waals surface area contributed by atoms with E-state index in [9.17, 15) is 4.79 Å². The summed E-state index contributed by atoms with van der Waals surface area (Å²) in [6.07, 6.45) is 7.42. The van der Waals surface area contributed by atoms with Crippen LogP contribution in [-0.2, 0) is 20.6 Å². The Morgan fingerprint density at radius 1 is 1.30 bits per heavy atom. The van der Waals surface area contributed by atoms with Crippen molar-refractivity contribution in [1.29, 1.82) is 0 Å². The molecule has 1 amide bonds. The van der Waals surface area contributed by atoms with Crippen molar-refractivity contribution in [2.45, 2.75) is 32.2 Å². The van der Waals surface area contributed by atoms with Crippen LogP contribution in [-0.4, -0.2) is 58.2 Å². The first-order valence-electron chi connectivity index (χ1n) is 9.18. The summed E-state index contributed by atoms with van der Waals surface area (Å²) in [4.78, 5) is 14.8. The van der Waals surface area contributed by atoms with Gasteiger partial charge in [0.05, 0.1) is 11.3 Å². The van der Waals surface area contributed by atoms with Gasteiger partial charge in [0, 0.05) is 51.7 Å². The van der Waals surface area contributed by atoms with E-state index in [-0.39, 0.29) is 11.8 Å². The molecule has 1 aliphatic heterocycles. The van der Waals surface area contributed by atoms with Gasteiger partial charge in [0.1, 0.15) is 12.4 Å². The lowest BCUT2D eigenvalue weighted by Crippen LogP contribution is -2.39. The minimum absolute atomic E-state index is 0.0456. The molecule has 3 aromatic rings. The molecule has 9 heteroatoms. The van der Waals surface area contributed by atoms with Crippen LogP contribution in [0.2, 0.25) is 0 Å². The number of nitrogens with zero attached hydrogens (tertiary/aromatic N) is 8. The van der Waals surface area contributed by atoms with Gasteiger partial charge in [-0.15, -0.1) is 10.2 Å². The number of aromatic nitrogens is 7. The van der Waals surface area contributed by atoms with Crippen LogP contribution in [0.1, 0.15) is 46.5 Å². The van der Waals surface area contributed by atoms with E-state index in [1.54, 1.807) is 17.1 Å². The van der Waals surface area contributed by atoms with Crippen molar-refractivity contribution in [3.63, 3.8) is 0 Å². The largest absolute Gasteiger partial charge is 0.338 e. The lowest BCUT2D eigenvalue weighted by molar-refractivity contribution is 0.0702. The number of piperidine rings is 1. The minimum Gasteiger partial charge on any atom is -0.338 e. The molecule has 9 nitrogen and oxygen atoms in total. The minimum atomic E-state index is 0.0456. The first kappa shape index (κ1) is 17.4. The fraction of sp³-hybridized carbons (Fsp3) is 0.500. The Hall–Kier alpha value is -2.97. The normalized spacial score (nSPS) is 17.4. The summed E-state index contributed by atoms with van der Waals surface area (Å²) >= 11 is 0. The van der Waals surface area contributed by atoms with Gasteiger partial charge in [0.25, 0.3) is 5.91 Å². The van der Waals surface area contributed by atoms with Crippen LogP contribution in [0, 0.1) is 6.92 Å². The molecular formula is C18H24N8O. The smallest absolute Gasteiger partial charge is 0.257 e. The molecule has 1 atom stereocenters. The Bertz CT molecular complexity index is 939. The third kappa shape index (κ3) is 3.36. The molecule has 0 N–H and O–H groups in total. The van der Waals surface area contributed by atoms with E-state index < -0.39 is 0 Å². The summed E-state index contributed by atoms with van der Waals surface area (Å²) in [5.74, 6) is 2.02. The van der Waals surface area contributed by atoms with Gasteiger partial charge in [-0.2, -0.15) is 10.2 Å². The highest BCUT2D eigenvalue weighted by Gasteiger charge is 2.30. The molecule has 0 spiro atoms. The van der Waals surface area contributed by atoms with Crippen LogP contribution >= 0.6 is 0 Å². The molecule has 0 aliphatic carbocycles. The SMILES string of the molecule is Cc1nn(C)cc1C(=O)N1CCC[C@@H](c2nnc(Cn3cccn3)n2C)C1. The molecule has 27 heavy (non-hydrogen) atoms. The molecule has 1 saturated heterocycles. The van der Waals surface area contributed by atoms with Gasteiger partial charge < -0.3 is 9.47 Å². The topological polar surface area (TPSA) is 86.7 Å². The fourth-order valence-corrected chi connectivity index (χ4v) is 3.76. The van der Waals surface area contributed by atoms with Crippen LogP contribution in [0.4, 0.5) is 0 Å². The van der Waals surface area contributed by atoms with Gasteiger partial charge >= 0.3 is 0 Å². The quantitative estimate of drug-likeness (QED) is 0.689. The summed E-state index contributed by atoms with van der Waals surface area (Å²) in [6.45, 7) is 3.88. The molecule has 142 valence electrons. The van der Waals surface area contributed by atoms with Crippen LogP contribution in [0.5, 0.6) is 0 Å². The monoisotopic (exact) mass is 368 g/mol. The Morgan fingerprint density at radius 2 is 2.15 bits per heavy atom. The standard InChI is InChI=1S/C18H24N8O/c1-13-15(11-23(2)22-13)18(27)25-8-4-6-14(10-25)17-21-20-16(24(17)3)12-26-9-5-7-19-26/h5,7,9,11,14H,4,6,8,10,12H2,1-3H3/t14-/m1/s1. The Kier molecular flexibility index (Phi) is 4.51. The molecule has 0 bridgehead atoms. The average molecular weight is 368 g/mol. The number of carbonyl (C=O) groups is 1. The van der Waals surface area contributed by atoms with E-state index in [4.69, 9.17) is 0 Å². The molecule has 1 fully saturated rings. The molecule has 0 aromatic carbocycles. The van der Waals surface area contributed by atoms with Gasteiger partial charge in [-0.25, -0.2) is 0 Å². The number of hydrogen-bond donors (Lipinski definition) is 0. The zero-order valence-corrected chi connectivity index (χ0v) is 15.9. The molecule has 0 saturated carbocycles. The summed E-state index contributed by atoms with van der Waals surface area (Å²) in [5.41, 5.74) is 1.44. The van der Waals surface area contributed by atoms with Crippen LogP contribution < -0.4 is 0 Å². The van der Waals surface area contributed by atoms with Crippen molar-refractivity contribution >= 4 is 5.91 Å². The van der Waals surface area contributed by atoms with Crippen LogP contribution in [0.25, 0.3) is 0 Å². The second-order valence-electron chi connectivity index (χ2n) is 7.13. The molecule has 3 aromatic heterocycles. The first-order valence-corrected chi connectivity index (χ1v) is 9.18. The predicted molar refractivity (Wildman–Crippen MR) is 98.2 cm³/mol. The van der Waals surface area contributed by atoms with Crippen molar-refractivity contribution in [3.05, 3.63) is 47.6 Å². The number of rotatable bonds is 4. The average Bonchev–Trinajstić information content (AvgIpc) is 3.37. The van der Waals surface area contributed by atoms with E-state index >= 15 is 0 Å². The Labute approximate surface area is 157 Å². The summed E-state index contributed by atoms with van der Waals surface area (Å²) < 4.78 is 5.56. The third-order valence-electron chi connectivity index (χ3n) is 5.18. The fourth-order valence-electron chi connectivity index (χ4n) is 3.76. The molecule has 1 aliphatic rings. The molecular weight excluding hydrogens is 344 g/mol. The number of likely N-dealkylation sites (tertiary alicyclic amines) is 1. The zero-order chi connectivity index (χ0) is 19.0. The van der Waals surface area contributed by atoms with Crippen molar-refractivity contribution < 1.29 is 4.79 Å². The van der Waals surface area contributed by atoms with Crippen molar-refractivity contribution in [2.75, 3.05) is 13.1 Å². The van der Waals surface area contributed by atoms with Gasteiger partial charge in [0.15, 0.2) is 5.82 Å². The van der Waals surface area contributed by atoms with E-state index in [1.807, 2.05) is 47.4 Å². The van der Waals surface area contributed by atoms with E-state index in [0.29, 0.717) is 18.7 Å². The highest BCUT2D eigenvalue weighted by Crippen LogP contribution is 2.27. The second kappa shape index (κ2) is 6.98. The molecule has 4 heterocycles. The van der Waals surface area contributed by atoms with Crippen LogP contribution in [0.3, 0.4) is 0 Å². The Balaban J connectivity index is 1.51. The van der Waals surface area contributed by atoms with Crippen molar-refractivity contribution in [3.8, 4) is 0 Å². The van der Waals surface area contributed by atoms with E-state index in [2.05, 4.69) is 20.4 Å². The maximum atomic E-state index is 12.9. The molecule has 4 rings (SSSR count). The van der Waals surface area contributed by atoms with Crippen LogP contribution in [0.15, 0.2) is 24.7 Å². The summed E-state index contributed by atoms with van der Waals surface area (Å²) in [7, 11) is 3.82. The van der Waals surface area contributed by atoms with Crippen molar-refractivity contribution in [2.24, 2.45) is 14.1 Å². The second-order valence-corrected chi connectivity index (χ2v) is 7.13. The molecule has 0 unspecified atom stereocenters. The Morgan fingerprint density at radius 3 is 2.85 bits per heavy atom. The number of carbonyl (C=O) groups excluding carboxylic acids is 1. The zero-order valence-electron chi connectivity index (χ0n) is 15.9. The maximum Gasteiger partial charge on any atom is 0.257 e. The maximum absolute atomic E-state index is 12.9. The number of aryl methyl sites for hydroxylation is 2. The summed E-state index contributed by atoms with van der Waals surface area (Å²) in [6, 6.07) is 1.89. The van der Waals surface area contributed by atoms with E-state index in [0.717, 1.165) is 36.7 Å². The number of amides is 1. The van der Waals surface area contributed by atoms with Gasteiger partial charge in [-0.1, -0.05) is 0 Å². The summed E-state index contributed by atoms with van der Waals surface area (Å²) in [5, 5.41) is 17.3. The van der Waals surface area contributed by atoms with Gasteiger partial charge in [-0.05, 0) is 25.8 Å². The van der Waals surface area contributed by atoms with E-state index in [1.165, 1.54) is 0 Å².